The van der Waals surface area contributed by atoms with E-state index < -0.39 is 54.5 Å². The molecule has 2 rings (SSSR count). The minimum atomic E-state index is -1.58. The van der Waals surface area contributed by atoms with Gasteiger partial charge in [0.1, 0.15) is 12.1 Å². The van der Waals surface area contributed by atoms with Gasteiger partial charge in [-0.25, -0.2) is 4.79 Å². The summed E-state index contributed by atoms with van der Waals surface area (Å²) in [6, 6.07) is 5.83. The number of ether oxygens (including phenoxy) is 1. The van der Waals surface area contributed by atoms with Crippen molar-refractivity contribution in [3.63, 3.8) is 0 Å². The minimum absolute atomic E-state index is 0.0826. The van der Waals surface area contributed by atoms with E-state index in [1.807, 2.05) is 30.3 Å². The highest BCUT2D eigenvalue weighted by atomic mass is 16.5. The fraction of sp³-hybridized carbons (Fsp3) is 0.586. The molecule has 15 heteroatoms. The Bertz CT molecular complexity index is 1150. The van der Waals surface area contributed by atoms with Crippen LogP contribution in [0.2, 0.25) is 0 Å². The summed E-state index contributed by atoms with van der Waals surface area (Å²) in [5, 5.41) is 26.4. The van der Waals surface area contributed by atoms with Gasteiger partial charge in [-0.05, 0) is 51.1 Å². The molecule has 1 heterocycles. The summed E-state index contributed by atoms with van der Waals surface area (Å²) in [6.45, 7) is 0.619. The maximum atomic E-state index is 14.0. The summed E-state index contributed by atoms with van der Waals surface area (Å²) in [6.07, 6.45) is 1.12. The van der Waals surface area contributed by atoms with Gasteiger partial charge in [0, 0.05) is 26.6 Å². The van der Waals surface area contributed by atoms with Gasteiger partial charge in [-0.15, -0.1) is 0 Å². The maximum Gasteiger partial charge on any atom is 0.326 e. The molecule has 0 bridgehead atoms. The molecular weight excluding hydrogens is 574 g/mol. The van der Waals surface area contributed by atoms with E-state index >= 15 is 0 Å². The highest BCUT2D eigenvalue weighted by Crippen LogP contribution is 2.25. The Morgan fingerprint density at radius 3 is 2.36 bits per heavy atom. The Morgan fingerprint density at radius 1 is 1.07 bits per heavy atom. The number of likely N-dealkylation sites (tertiary alicyclic amines) is 1. The van der Waals surface area contributed by atoms with Crippen molar-refractivity contribution < 1.29 is 38.9 Å². The number of nitrogens with zero attached hydrogens (tertiary/aromatic N) is 2. The predicted molar refractivity (Wildman–Crippen MR) is 161 cm³/mol. The van der Waals surface area contributed by atoms with Crippen molar-refractivity contribution in [2.24, 2.45) is 16.5 Å². The monoisotopic (exact) mass is 619 g/mol. The van der Waals surface area contributed by atoms with Crippen LogP contribution in [0.15, 0.2) is 35.3 Å². The molecule has 15 nitrogen and oxygen atoms in total. The number of guanidine groups is 1. The van der Waals surface area contributed by atoms with E-state index in [0.717, 1.165) is 5.56 Å². The molecule has 0 aromatic heterocycles. The van der Waals surface area contributed by atoms with Crippen LogP contribution in [0.25, 0.3) is 0 Å². The van der Waals surface area contributed by atoms with E-state index in [2.05, 4.69) is 20.9 Å². The fourth-order valence-corrected chi connectivity index (χ4v) is 5.24. The number of hydrogen-bond donors (Lipinski definition) is 7. The number of likely N-dealkylation sites (N-methyl/N-ethyl adjacent to an activating group) is 1. The highest BCUT2D eigenvalue weighted by molar-refractivity contribution is 5.90. The standard InChI is InChI=1S/C29H45N7O8/c1-32-20(16-18-8-4-3-5-9-18)26(40)35-19(10-6-14-33-29(30)31)27(41)36-15-7-11-23(44-2)22(36)12-13-24(37)34-21(28(42)43)17-25(38)39/h3-5,8-9,19-23,32H,6-7,10-17H2,1-2H3,(H,34,37)(H,35,40)(H,38,39)(H,42,43)(H4,30,31,33)/t19-,20-,21-,22+,23+/m0/s1. The number of hydrogen-bond acceptors (Lipinski definition) is 8. The van der Waals surface area contributed by atoms with E-state index in [1.54, 1.807) is 11.9 Å². The van der Waals surface area contributed by atoms with Crippen LogP contribution in [0.4, 0.5) is 0 Å². The van der Waals surface area contributed by atoms with Crippen LogP contribution in [-0.2, 0) is 35.1 Å². The number of nitrogens with two attached hydrogens (primary N) is 2. The molecule has 0 spiro atoms. The lowest BCUT2D eigenvalue weighted by Crippen LogP contribution is -2.59. The second-order valence-corrected chi connectivity index (χ2v) is 10.7. The molecule has 5 atom stereocenters. The van der Waals surface area contributed by atoms with Gasteiger partial charge in [0.05, 0.1) is 24.6 Å². The molecule has 1 aromatic carbocycles. The van der Waals surface area contributed by atoms with Crippen LogP contribution >= 0.6 is 0 Å². The third-order valence-electron chi connectivity index (χ3n) is 7.49. The third kappa shape index (κ3) is 11.8. The average Bonchev–Trinajstić information content (AvgIpc) is 2.99. The highest BCUT2D eigenvalue weighted by Gasteiger charge is 2.38. The number of aliphatic carboxylic acids is 2. The second kappa shape index (κ2) is 18.4. The molecule has 0 radical (unpaired) electrons. The molecule has 1 saturated heterocycles. The molecule has 1 fully saturated rings. The van der Waals surface area contributed by atoms with Gasteiger partial charge in [0.15, 0.2) is 5.96 Å². The van der Waals surface area contributed by atoms with Crippen LogP contribution < -0.4 is 27.4 Å². The van der Waals surface area contributed by atoms with Crippen molar-refractivity contribution in [3.05, 3.63) is 35.9 Å². The molecular formula is C29H45N7O8. The Balaban J connectivity index is 2.22. The first-order valence-electron chi connectivity index (χ1n) is 14.6. The van der Waals surface area contributed by atoms with Crippen LogP contribution in [0.1, 0.15) is 50.5 Å². The minimum Gasteiger partial charge on any atom is -0.481 e. The first-order valence-corrected chi connectivity index (χ1v) is 14.6. The van der Waals surface area contributed by atoms with Gasteiger partial charge in [-0.1, -0.05) is 30.3 Å². The molecule has 1 aliphatic heterocycles. The summed E-state index contributed by atoms with van der Waals surface area (Å²) >= 11 is 0. The number of amides is 3. The van der Waals surface area contributed by atoms with Crippen molar-refractivity contribution in [3.8, 4) is 0 Å². The smallest absolute Gasteiger partial charge is 0.326 e. The molecule has 3 amide bonds. The molecule has 244 valence electrons. The van der Waals surface area contributed by atoms with E-state index in [9.17, 15) is 29.1 Å². The Labute approximate surface area is 256 Å². The predicted octanol–water partition coefficient (Wildman–Crippen LogP) is -0.814. The van der Waals surface area contributed by atoms with Gasteiger partial charge < -0.3 is 47.3 Å². The number of piperidine rings is 1. The Morgan fingerprint density at radius 2 is 1.77 bits per heavy atom. The first-order chi connectivity index (χ1) is 21.0. The largest absolute Gasteiger partial charge is 0.481 e. The topological polar surface area (TPSA) is 239 Å². The summed E-state index contributed by atoms with van der Waals surface area (Å²) < 4.78 is 5.66. The van der Waals surface area contributed by atoms with Gasteiger partial charge in [0.25, 0.3) is 0 Å². The van der Waals surface area contributed by atoms with Crippen molar-refractivity contribution in [1.29, 1.82) is 0 Å². The lowest BCUT2D eigenvalue weighted by atomic mass is 9.93. The van der Waals surface area contributed by atoms with Crippen LogP contribution in [-0.4, -0.2) is 108 Å². The van der Waals surface area contributed by atoms with Crippen molar-refractivity contribution in [2.45, 2.75) is 81.6 Å². The molecule has 1 aliphatic rings. The molecule has 0 unspecified atom stereocenters. The average molecular weight is 620 g/mol. The number of aliphatic imine (C=N–C) groups is 1. The zero-order chi connectivity index (χ0) is 32.6. The summed E-state index contributed by atoms with van der Waals surface area (Å²) in [5.74, 6) is -4.27. The maximum absolute atomic E-state index is 14.0. The molecule has 1 aromatic rings. The number of rotatable bonds is 18. The molecule has 0 saturated carbocycles. The molecule has 0 aliphatic carbocycles. The number of nitrogens with one attached hydrogen (secondary N) is 3. The lowest BCUT2D eigenvalue weighted by molar-refractivity contribution is -0.147. The van der Waals surface area contributed by atoms with Gasteiger partial charge in [-0.2, -0.15) is 0 Å². The lowest BCUT2D eigenvalue weighted by Gasteiger charge is -2.42. The number of methoxy groups -OCH3 is 1. The summed E-state index contributed by atoms with van der Waals surface area (Å²) in [5.41, 5.74) is 11.8. The number of benzene rings is 1. The van der Waals surface area contributed by atoms with Crippen molar-refractivity contribution in [1.82, 2.24) is 20.9 Å². The van der Waals surface area contributed by atoms with Crippen molar-refractivity contribution in [2.75, 3.05) is 27.2 Å². The molecule has 44 heavy (non-hydrogen) atoms. The number of carboxylic acid groups (broad SMARTS) is 2. The first kappa shape index (κ1) is 36.0. The molecule has 9 N–H and O–H groups in total. The van der Waals surface area contributed by atoms with Gasteiger partial charge >= 0.3 is 11.9 Å². The Kier molecular flexibility index (Phi) is 15.1. The van der Waals surface area contributed by atoms with E-state index in [4.69, 9.17) is 21.3 Å². The van der Waals surface area contributed by atoms with Crippen LogP contribution in [0.3, 0.4) is 0 Å². The third-order valence-corrected chi connectivity index (χ3v) is 7.49. The quantitative estimate of drug-likeness (QED) is 0.0609. The number of carboxylic acids is 2. The summed E-state index contributed by atoms with van der Waals surface area (Å²) in [4.78, 5) is 68.0. The number of carbonyl (C=O) groups excluding carboxylic acids is 3. The van der Waals surface area contributed by atoms with E-state index in [-0.39, 0.29) is 43.6 Å². The van der Waals surface area contributed by atoms with Crippen molar-refractivity contribution >= 4 is 35.6 Å². The zero-order valence-corrected chi connectivity index (χ0v) is 25.2. The number of carbonyl (C=O) groups is 5. The van der Waals surface area contributed by atoms with Gasteiger partial charge in [-0.3, -0.25) is 24.2 Å². The summed E-state index contributed by atoms with van der Waals surface area (Å²) in [7, 11) is 3.18. The SMILES string of the molecule is CN[C@@H](Cc1ccccc1)C(=O)N[C@@H](CCCN=C(N)N)C(=O)N1CCC[C@@H](OC)[C@H]1CCC(=O)N[C@@H](CC(=O)O)C(=O)O. The van der Waals surface area contributed by atoms with E-state index in [0.29, 0.717) is 32.2 Å². The van der Waals surface area contributed by atoms with E-state index in [1.165, 1.54) is 7.11 Å². The second-order valence-electron chi connectivity index (χ2n) is 10.7. The van der Waals surface area contributed by atoms with Crippen LogP contribution in [0.5, 0.6) is 0 Å². The normalized spacial score (nSPS) is 18.4. The Hall–Kier alpha value is -4.24. The van der Waals surface area contributed by atoms with Gasteiger partial charge in [0.2, 0.25) is 17.7 Å². The zero-order valence-electron chi connectivity index (χ0n) is 25.2. The fourth-order valence-electron chi connectivity index (χ4n) is 5.24. The van der Waals surface area contributed by atoms with Crippen LogP contribution in [0, 0.1) is 0 Å².